The Balaban J connectivity index is 0.000000499. The van der Waals surface area contributed by atoms with E-state index in [1.165, 1.54) is 32.1 Å². The topological polar surface area (TPSA) is 127 Å². The summed E-state index contributed by atoms with van der Waals surface area (Å²) in [4.78, 5) is 20.6. The zero-order chi connectivity index (χ0) is 22.1. The van der Waals surface area contributed by atoms with Gasteiger partial charge >= 0.3 is 11.9 Å². The minimum absolute atomic E-state index is 0.258. The SMILES string of the molecule is CC.NC1CCCCC1CCCCC(=O)O.NC1CCCCC1SCCC(=O)O. The molecule has 6 nitrogen and oxygen atoms in total. The van der Waals surface area contributed by atoms with Gasteiger partial charge in [-0.15, -0.1) is 0 Å². The maximum absolute atomic E-state index is 10.3. The molecule has 2 aliphatic rings. The molecule has 0 saturated heterocycles. The molecular formula is C22H44N2O4S. The molecule has 2 aliphatic carbocycles. The summed E-state index contributed by atoms with van der Waals surface area (Å²) in [5.41, 5.74) is 11.9. The number of rotatable bonds is 9. The van der Waals surface area contributed by atoms with Crippen LogP contribution in [-0.2, 0) is 9.59 Å². The third kappa shape index (κ3) is 14.8. The van der Waals surface area contributed by atoms with Crippen LogP contribution in [0.4, 0.5) is 0 Å². The van der Waals surface area contributed by atoms with Gasteiger partial charge in [-0.05, 0) is 44.4 Å². The van der Waals surface area contributed by atoms with Gasteiger partial charge in [0.1, 0.15) is 0 Å². The molecule has 172 valence electrons. The van der Waals surface area contributed by atoms with Crippen molar-refractivity contribution in [3.63, 3.8) is 0 Å². The standard InChI is InChI=1S/C11H21NO2.C9H17NO2S.C2H6/c12-10-7-3-1-5-9(10)6-2-4-8-11(13)14;10-7-3-1-2-4-8(7)13-6-5-9(11)12;1-2/h9-10H,1-8,12H2,(H,13,14);7-8H,1-6,10H2,(H,11,12);1-2H3. The fraction of sp³-hybridized carbons (Fsp3) is 0.909. The van der Waals surface area contributed by atoms with Gasteiger partial charge in [0.05, 0.1) is 6.42 Å². The summed E-state index contributed by atoms with van der Waals surface area (Å²) in [5.74, 6) is -0.0411. The van der Waals surface area contributed by atoms with Gasteiger partial charge in [-0.25, -0.2) is 0 Å². The molecule has 7 heteroatoms. The van der Waals surface area contributed by atoms with Crippen LogP contribution < -0.4 is 11.5 Å². The van der Waals surface area contributed by atoms with Gasteiger partial charge in [-0.3, -0.25) is 9.59 Å². The zero-order valence-corrected chi connectivity index (χ0v) is 19.3. The average molecular weight is 433 g/mol. The van der Waals surface area contributed by atoms with Crippen molar-refractivity contribution in [2.24, 2.45) is 17.4 Å². The van der Waals surface area contributed by atoms with Crippen LogP contribution in [-0.4, -0.2) is 45.2 Å². The predicted molar refractivity (Wildman–Crippen MR) is 122 cm³/mol. The Labute approximate surface area is 181 Å². The molecule has 2 fully saturated rings. The zero-order valence-electron chi connectivity index (χ0n) is 18.5. The second-order valence-corrected chi connectivity index (χ2v) is 9.20. The number of thioether (sulfide) groups is 1. The van der Waals surface area contributed by atoms with Gasteiger partial charge in [-0.1, -0.05) is 46.0 Å². The van der Waals surface area contributed by atoms with E-state index < -0.39 is 11.9 Å². The van der Waals surface area contributed by atoms with E-state index in [0.717, 1.165) is 38.5 Å². The van der Waals surface area contributed by atoms with Crippen LogP contribution in [0.5, 0.6) is 0 Å². The highest BCUT2D eigenvalue weighted by Gasteiger charge is 2.22. The molecule has 4 atom stereocenters. The Morgan fingerprint density at radius 1 is 0.828 bits per heavy atom. The number of aliphatic carboxylic acids is 2. The normalized spacial score (nSPS) is 26.3. The Morgan fingerprint density at radius 2 is 1.38 bits per heavy atom. The lowest BCUT2D eigenvalue weighted by Crippen LogP contribution is -2.35. The molecule has 0 aromatic carbocycles. The number of carbonyl (C=O) groups is 2. The average Bonchev–Trinajstić information content (AvgIpc) is 2.70. The molecule has 2 saturated carbocycles. The quantitative estimate of drug-likeness (QED) is 0.391. The number of unbranched alkanes of at least 4 members (excludes halogenated alkanes) is 1. The molecule has 6 N–H and O–H groups in total. The lowest BCUT2D eigenvalue weighted by molar-refractivity contribution is -0.137. The Hall–Kier alpha value is -0.790. The predicted octanol–water partition coefficient (Wildman–Crippen LogP) is 4.64. The molecule has 0 amide bonds. The Bertz CT molecular complexity index is 437. The van der Waals surface area contributed by atoms with Crippen molar-refractivity contribution in [3.8, 4) is 0 Å². The summed E-state index contributed by atoms with van der Waals surface area (Å²) < 4.78 is 0. The number of carboxylic acid groups (broad SMARTS) is 2. The highest BCUT2D eigenvalue weighted by Crippen LogP contribution is 2.28. The van der Waals surface area contributed by atoms with Gasteiger partial charge in [0.15, 0.2) is 0 Å². The third-order valence-electron chi connectivity index (χ3n) is 5.58. The van der Waals surface area contributed by atoms with Crippen LogP contribution in [0, 0.1) is 5.92 Å². The van der Waals surface area contributed by atoms with E-state index in [4.69, 9.17) is 21.7 Å². The molecular weight excluding hydrogens is 388 g/mol. The summed E-state index contributed by atoms with van der Waals surface area (Å²) >= 11 is 1.73. The molecule has 0 spiro atoms. The number of hydrogen-bond acceptors (Lipinski definition) is 5. The molecule has 4 unspecified atom stereocenters. The molecule has 0 aliphatic heterocycles. The smallest absolute Gasteiger partial charge is 0.304 e. The Morgan fingerprint density at radius 3 is 1.93 bits per heavy atom. The largest absolute Gasteiger partial charge is 0.481 e. The summed E-state index contributed by atoms with van der Waals surface area (Å²) in [6.45, 7) is 4.00. The first-order chi connectivity index (χ1) is 13.9. The van der Waals surface area contributed by atoms with Gasteiger partial charge in [0.25, 0.3) is 0 Å². The fourth-order valence-electron chi connectivity index (χ4n) is 3.91. The van der Waals surface area contributed by atoms with Crippen molar-refractivity contribution in [1.82, 2.24) is 0 Å². The molecule has 0 heterocycles. The monoisotopic (exact) mass is 432 g/mol. The highest BCUT2D eigenvalue weighted by atomic mass is 32.2. The van der Waals surface area contributed by atoms with Crippen molar-refractivity contribution in [1.29, 1.82) is 0 Å². The molecule has 0 bridgehead atoms. The van der Waals surface area contributed by atoms with Gasteiger partial charge in [-0.2, -0.15) is 11.8 Å². The molecule has 0 aromatic heterocycles. The summed E-state index contributed by atoms with van der Waals surface area (Å²) in [7, 11) is 0. The van der Waals surface area contributed by atoms with E-state index in [9.17, 15) is 9.59 Å². The first kappa shape index (κ1) is 28.2. The second kappa shape index (κ2) is 18.0. The van der Waals surface area contributed by atoms with Gasteiger partial charge < -0.3 is 21.7 Å². The maximum Gasteiger partial charge on any atom is 0.304 e. The summed E-state index contributed by atoms with van der Waals surface area (Å²) in [5, 5.41) is 17.4. The second-order valence-electron chi connectivity index (χ2n) is 7.85. The van der Waals surface area contributed by atoms with E-state index in [1.807, 2.05) is 13.8 Å². The summed E-state index contributed by atoms with van der Waals surface area (Å²) in [6.07, 6.45) is 13.2. The van der Waals surface area contributed by atoms with E-state index in [-0.39, 0.29) is 12.5 Å². The molecule has 0 radical (unpaired) electrons. The van der Waals surface area contributed by atoms with Crippen molar-refractivity contribution < 1.29 is 19.8 Å². The van der Waals surface area contributed by atoms with Crippen molar-refractivity contribution in [3.05, 3.63) is 0 Å². The highest BCUT2D eigenvalue weighted by molar-refractivity contribution is 7.99. The van der Waals surface area contributed by atoms with E-state index >= 15 is 0 Å². The van der Waals surface area contributed by atoms with Gasteiger partial charge in [0, 0.05) is 29.5 Å². The van der Waals surface area contributed by atoms with Crippen LogP contribution in [0.1, 0.15) is 97.3 Å². The fourth-order valence-corrected chi connectivity index (χ4v) is 5.22. The van der Waals surface area contributed by atoms with Crippen molar-refractivity contribution in [2.75, 3.05) is 5.75 Å². The van der Waals surface area contributed by atoms with Crippen LogP contribution >= 0.6 is 11.8 Å². The first-order valence-corrected chi connectivity index (χ1v) is 12.5. The number of hydrogen-bond donors (Lipinski definition) is 4. The Kier molecular flexibility index (Phi) is 17.5. The van der Waals surface area contributed by atoms with Crippen LogP contribution in [0.25, 0.3) is 0 Å². The lowest BCUT2D eigenvalue weighted by atomic mass is 9.82. The summed E-state index contributed by atoms with van der Waals surface area (Å²) in [6, 6.07) is 0.654. The maximum atomic E-state index is 10.3. The van der Waals surface area contributed by atoms with Crippen LogP contribution in [0.15, 0.2) is 0 Å². The minimum Gasteiger partial charge on any atom is -0.481 e. The van der Waals surface area contributed by atoms with E-state index in [0.29, 0.717) is 29.4 Å². The van der Waals surface area contributed by atoms with Crippen molar-refractivity contribution in [2.45, 2.75) is 115 Å². The van der Waals surface area contributed by atoms with Crippen LogP contribution in [0.3, 0.4) is 0 Å². The third-order valence-corrected chi connectivity index (χ3v) is 7.04. The van der Waals surface area contributed by atoms with Crippen LogP contribution in [0.2, 0.25) is 0 Å². The number of carboxylic acids is 2. The van der Waals surface area contributed by atoms with Crippen molar-refractivity contribution >= 4 is 23.7 Å². The van der Waals surface area contributed by atoms with E-state index in [2.05, 4.69) is 0 Å². The number of nitrogens with two attached hydrogens (primary N) is 2. The lowest BCUT2D eigenvalue weighted by Gasteiger charge is -2.28. The molecule has 0 aromatic rings. The first-order valence-electron chi connectivity index (χ1n) is 11.5. The molecule has 2 rings (SSSR count). The molecule has 29 heavy (non-hydrogen) atoms. The van der Waals surface area contributed by atoms with Gasteiger partial charge in [0.2, 0.25) is 0 Å². The van der Waals surface area contributed by atoms with E-state index in [1.54, 1.807) is 11.8 Å². The minimum atomic E-state index is -0.711.